The molecule has 0 saturated carbocycles. The lowest BCUT2D eigenvalue weighted by molar-refractivity contribution is -0.136. The third kappa shape index (κ3) is 4.57. The van der Waals surface area contributed by atoms with E-state index in [0.717, 1.165) is 12.8 Å². The minimum absolute atomic E-state index is 0.0100. The number of carbonyl (C=O) groups excluding carboxylic acids is 2. The third-order valence-corrected chi connectivity index (χ3v) is 3.35. The number of alkyl halides is 1. The van der Waals surface area contributed by atoms with Gasteiger partial charge in [-0.3, -0.25) is 9.59 Å². The van der Waals surface area contributed by atoms with Crippen LogP contribution in [0.25, 0.3) is 0 Å². The van der Waals surface area contributed by atoms with Crippen molar-refractivity contribution in [2.45, 2.75) is 37.1 Å². The summed E-state index contributed by atoms with van der Waals surface area (Å²) in [7, 11) is 1.52. The zero-order valence-electron chi connectivity index (χ0n) is 11.2. The second-order valence-electron chi connectivity index (χ2n) is 5.03. The number of hydrogen-bond donors (Lipinski definition) is 1. The Morgan fingerprint density at radius 3 is 2.39 bits per heavy atom. The number of methoxy groups -OCH3 is 1. The molecule has 0 spiro atoms. The first kappa shape index (κ1) is 15.4. The maximum atomic E-state index is 11.8. The molecule has 1 saturated heterocycles. The second kappa shape index (κ2) is 6.52. The van der Waals surface area contributed by atoms with Crippen LogP contribution in [0.4, 0.5) is 0 Å². The molecule has 0 aromatic carbocycles. The summed E-state index contributed by atoms with van der Waals surface area (Å²) in [6, 6.07) is 0.154. The van der Waals surface area contributed by atoms with Crippen molar-refractivity contribution in [2.24, 2.45) is 0 Å². The molecule has 0 bridgehead atoms. The quantitative estimate of drug-likeness (QED) is 0.783. The van der Waals surface area contributed by atoms with Gasteiger partial charge in [-0.15, -0.1) is 0 Å². The van der Waals surface area contributed by atoms with E-state index in [1.54, 1.807) is 4.90 Å². The Labute approximate surface area is 116 Å². The third-order valence-electron chi connectivity index (χ3n) is 2.99. The largest absolute Gasteiger partial charge is 0.375 e. The standard InChI is InChI=1S/C12H21BrN2O3/c1-12(2,13)11(17)14-9-4-6-15(7-5-9)10(16)8-18-3/h9H,4-8H2,1-3H3,(H,14,17). The number of nitrogens with one attached hydrogen (secondary N) is 1. The molecule has 1 aliphatic heterocycles. The lowest BCUT2D eigenvalue weighted by atomic mass is 10.0. The topological polar surface area (TPSA) is 58.6 Å². The lowest BCUT2D eigenvalue weighted by Crippen LogP contribution is -2.50. The highest BCUT2D eigenvalue weighted by Crippen LogP contribution is 2.18. The summed E-state index contributed by atoms with van der Waals surface area (Å²) in [5.74, 6) is 0.00673. The van der Waals surface area contributed by atoms with Crippen molar-refractivity contribution in [1.82, 2.24) is 10.2 Å². The fourth-order valence-corrected chi connectivity index (χ4v) is 1.96. The molecule has 2 amide bonds. The number of likely N-dealkylation sites (tertiary alicyclic amines) is 1. The summed E-state index contributed by atoms with van der Waals surface area (Å²) in [5.41, 5.74) is 0. The number of nitrogens with zero attached hydrogens (tertiary/aromatic N) is 1. The maximum absolute atomic E-state index is 11.8. The van der Waals surface area contributed by atoms with Gasteiger partial charge in [0.05, 0.1) is 4.32 Å². The Hall–Kier alpha value is -0.620. The van der Waals surface area contributed by atoms with Crippen LogP contribution in [-0.4, -0.2) is 53.9 Å². The number of carbonyl (C=O) groups is 2. The fraction of sp³-hybridized carbons (Fsp3) is 0.833. The average Bonchev–Trinajstić information content (AvgIpc) is 2.29. The number of ether oxygens (including phenoxy) is 1. The number of rotatable bonds is 4. The van der Waals surface area contributed by atoms with Crippen LogP contribution in [-0.2, 0) is 14.3 Å². The minimum atomic E-state index is -0.546. The average molecular weight is 321 g/mol. The second-order valence-corrected chi connectivity index (χ2v) is 7.02. The Bertz CT molecular complexity index is 307. The Morgan fingerprint density at radius 2 is 1.94 bits per heavy atom. The molecule has 1 rings (SSSR count). The summed E-state index contributed by atoms with van der Waals surface area (Å²) in [6.07, 6.45) is 1.59. The highest BCUT2D eigenvalue weighted by atomic mass is 79.9. The SMILES string of the molecule is COCC(=O)N1CCC(NC(=O)C(C)(C)Br)CC1. The van der Waals surface area contributed by atoms with E-state index in [1.807, 2.05) is 13.8 Å². The van der Waals surface area contributed by atoms with Gasteiger partial charge in [0.25, 0.3) is 0 Å². The summed E-state index contributed by atoms with van der Waals surface area (Å²) in [4.78, 5) is 25.2. The molecule has 0 atom stereocenters. The van der Waals surface area contributed by atoms with E-state index in [-0.39, 0.29) is 24.5 Å². The van der Waals surface area contributed by atoms with E-state index in [9.17, 15) is 9.59 Å². The van der Waals surface area contributed by atoms with Crippen molar-refractivity contribution in [3.63, 3.8) is 0 Å². The molecular weight excluding hydrogens is 300 g/mol. The molecule has 0 aromatic heterocycles. The van der Waals surface area contributed by atoms with Crippen LogP contribution in [0.2, 0.25) is 0 Å². The van der Waals surface area contributed by atoms with Crippen molar-refractivity contribution in [3.05, 3.63) is 0 Å². The van der Waals surface area contributed by atoms with Gasteiger partial charge in [-0.05, 0) is 26.7 Å². The first-order valence-corrected chi connectivity index (χ1v) is 6.90. The van der Waals surface area contributed by atoms with E-state index in [2.05, 4.69) is 21.2 Å². The van der Waals surface area contributed by atoms with Gasteiger partial charge in [-0.25, -0.2) is 0 Å². The Kier molecular flexibility index (Phi) is 5.59. The molecule has 104 valence electrons. The van der Waals surface area contributed by atoms with Gasteiger partial charge in [0.1, 0.15) is 6.61 Å². The van der Waals surface area contributed by atoms with Crippen LogP contribution in [0.15, 0.2) is 0 Å². The molecule has 1 fully saturated rings. The van der Waals surface area contributed by atoms with Gasteiger partial charge >= 0.3 is 0 Å². The Balaban J connectivity index is 2.36. The monoisotopic (exact) mass is 320 g/mol. The van der Waals surface area contributed by atoms with Gasteiger partial charge in [0.15, 0.2) is 0 Å². The molecule has 18 heavy (non-hydrogen) atoms. The molecule has 1 aliphatic rings. The van der Waals surface area contributed by atoms with Crippen LogP contribution >= 0.6 is 15.9 Å². The summed E-state index contributed by atoms with van der Waals surface area (Å²) in [6.45, 7) is 5.12. The zero-order chi connectivity index (χ0) is 13.8. The molecule has 0 radical (unpaired) electrons. The predicted molar refractivity (Wildman–Crippen MR) is 72.6 cm³/mol. The molecule has 5 nitrogen and oxygen atoms in total. The normalized spacial score (nSPS) is 17.7. The van der Waals surface area contributed by atoms with Crippen LogP contribution in [0, 0.1) is 0 Å². The van der Waals surface area contributed by atoms with Crippen LogP contribution in [0.1, 0.15) is 26.7 Å². The molecule has 0 unspecified atom stereocenters. The molecule has 0 aromatic rings. The van der Waals surface area contributed by atoms with Crippen molar-refractivity contribution < 1.29 is 14.3 Å². The van der Waals surface area contributed by atoms with Crippen molar-refractivity contribution in [3.8, 4) is 0 Å². The summed E-state index contributed by atoms with van der Waals surface area (Å²) in [5, 5.41) is 3.00. The van der Waals surface area contributed by atoms with E-state index in [0.29, 0.717) is 13.1 Å². The van der Waals surface area contributed by atoms with E-state index in [1.165, 1.54) is 7.11 Å². The zero-order valence-corrected chi connectivity index (χ0v) is 12.7. The molecular formula is C12H21BrN2O3. The summed E-state index contributed by atoms with van der Waals surface area (Å²) < 4.78 is 4.28. The van der Waals surface area contributed by atoms with Gasteiger partial charge in [-0.1, -0.05) is 15.9 Å². The number of piperidine rings is 1. The number of amides is 2. The number of halogens is 1. The van der Waals surface area contributed by atoms with Crippen molar-refractivity contribution >= 4 is 27.7 Å². The van der Waals surface area contributed by atoms with Crippen LogP contribution in [0.3, 0.4) is 0 Å². The predicted octanol–water partition coefficient (Wildman–Crippen LogP) is 0.914. The summed E-state index contributed by atoms with van der Waals surface area (Å²) >= 11 is 3.33. The molecule has 1 N–H and O–H groups in total. The highest BCUT2D eigenvalue weighted by molar-refractivity contribution is 9.10. The first-order chi connectivity index (χ1) is 8.34. The molecule has 0 aliphatic carbocycles. The van der Waals surface area contributed by atoms with Gasteiger partial charge < -0.3 is 15.0 Å². The van der Waals surface area contributed by atoms with E-state index >= 15 is 0 Å². The van der Waals surface area contributed by atoms with Crippen LogP contribution in [0.5, 0.6) is 0 Å². The van der Waals surface area contributed by atoms with E-state index < -0.39 is 4.32 Å². The van der Waals surface area contributed by atoms with Crippen molar-refractivity contribution in [1.29, 1.82) is 0 Å². The van der Waals surface area contributed by atoms with Gasteiger partial charge in [-0.2, -0.15) is 0 Å². The number of hydrogen-bond acceptors (Lipinski definition) is 3. The van der Waals surface area contributed by atoms with E-state index in [4.69, 9.17) is 4.74 Å². The van der Waals surface area contributed by atoms with Gasteiger partial charge in [0, 0.05) is 26.2 Å². The highest BCUT2D eigenvalue weighted by Gasteiger charge is 2.28. The fourth-order valence-electron chi connectivity index (χ4n) is 1.84. The maximum Gasteiger partial charge on any atom is 0.248 e. The van der Waals surface area contributed by atoms with Gasteiger partial charge in [0.2, 0.25) is 11.8 Å². The first-order valence-electron chi connectivity index (χ1n) is 6.11. The lowest BCUT2D eigenvalue weighted by Gasteiger charge is -2.33. The molecule has 1 heterocycles. The smallest absolute Gasteiger partial charge is 0.248 e. The van der Waals surface area contributed by atoms with Crippen LogP contribution < -0.4 is 5.32 Å². The minimum Gasteiger partial charge on any atom is -0.375 e. The molecule has 6 heteroatoms. The Morgan fingerprint density at radius 1 is 1.39 bits per heavy atom. The van der Waals surface area contributed by atoms with Crippen molar-refractivity contribution in [2.75, 3.05) is 26.8 Å².